The molecule has 1 unspecified atom stereocenters. The van der Waals surface area contributed by atoms with E-state index in [9.17, 15) is 22.8 Å². The van der Waals surface area contributed by atoms with Gasteiger partial charge in [-0.1, -0.05) is 0 Å². The number of rotatable bonds is 8. The van der Waals surface area contributed by atoms with Gasteiger partial charge >= 0.3 is 12.0 Å². The van der Waals surface area contributed by atoms with Crippen molar-refractivity contribution in [1.82, 2.24) is 15.4 Å². The van der Waals surface area contributed by atoms with Crippen LogP contribution >= 0.6 is 0 Å². The van der Waals surface area contributed by atoms with Crippen molar-refractivity contribution in [1.29, 1.82) is 5.26 Å². The Labute approximate surface area is 162 Å². The zero-order valence-corrected chi connectivity index (χ0v) is 15.9. The third-order valence-electron chi connectivity index (χ3n) is 3.73. The molecule has 11 heteroatoms. The Morgan fingerprint density at radius 2 is 1.89 bits per heavy atom. The summed E-state index contributed by atoms with van der Waals surface area (Å²) in [5.41, 5.74) is 0.0399. The maximum atomic E-state index is 12.1. The zero-order valence-electron chi connectivity index (χ0n) is 15.1. The molecule has 150 valence electrons. The van der Waals surface area contributed by atoms with Crippen LogP contribution in [0.25, 0.3) is 0 Å². The van der Waals surface area contributed by atoms with Crippen LogP contribution in [0, 0.1) is 11.3 Å². The molecule has 2 rings (SSSR count). The van der Waals surface area contributed by atoms with E-state index in [0.29, 0.717) is 0 Å². The Hall–Kier alpha value is -2.97. The van der Waals surface area contributed by atoms with E-state index in [0.717, 1.165) is 12.8 Å². The minimum atomic E-state index is -3.79. The number of urea groups is 1. The molecule has 1 atom stereocenters. The van der Waals surface area contributed by atoms with Crippen molar-refractivity contribution < 1.29 is 27.5 Å². The van der Waals surface area contributed by atoms with Crippen LogP contribution in [0.2, 0.25) is 0 Å². The maximum absolute atomic E-state index is 12.1. The number of carbonyl (C=O) groups is 3. The normalized spacial score (nSPS) is 14.4. The van der Waals surface area contributed by atoms with Crippen molar-refractivity contribution in [3.8, 4) is 6.07 Å². The van der Waals surface area contributed by atoms with Gasteiger partial charge in [-0.2, -0.15) is 5.26 Å². The van der Waals surface area contributed by atoms with Gasteiger partial charge in [0.25, 0.3) is 5.91 Å². The van der Waals surface area contributed by atoms with Crippen molar-refractivity contribution in [2.24, 2.45) is 0 Å². The van der Waals surface area contributed by atoms with E-state index in [1.807, 2.05) is 6.07 Å². The summed E-state index contributed by atoms with van der Waals surface area (Å²) in [5, 5.41) is 13.1. The lowest BCUT2D eigenvalue weighted by molar-refractivity contribution is -0.127. The second kappa shape index (κ2) is 9.29. The van der Waals surface area contributed by atoms with E-state index in [1.54, 1.807) is 0 Å². The summed E-state index contributed by atoms with van der Waals surface area (Å²) in [6.45, 7) is 1.29. The molecule has 1 aliphatic carbocycles. The minimum absolute atomic E-state index is 0.0242. The highest BCUT2D eigenvalue weighted by Crippen LogP contribution is 2.18. The van der Waals surface area contributed by atoms with Crippen molar-refractivity contribution in [3.63, 3.8) is 0 Å². The van der Waals surface area contributed by atoms with E-state index in [4.69, 9.17) is 10.00 Å². The van der Waals surface area contributed by atoms with Crippen LogP contribution in [0.4, 0.5) is 4.79 Å². The van der Waals surface area contributed by atoms with Gasteiger partial charge in [-0.05, 0) is 44.0 Å². The van der Waals surface area contributed by atoms with Gasteiger partial charge in [-0.3, -0.25) is 10.1 Å². The van der Waals surface area contributed by atoms with E-state index in [2.05, 4.69) is 15.4 Å². The van der Waals surface area contributed by atoms with E-state index < -0.39 is 34.0 Å². The van der Waals surface area contributed by atoms with Crippen LogP contribution in [0.5, 0.6) is 0 Å². The molecule has 0 aliphatic heterocycles. The highest BCUT2D eigenvalue weighted by molar-refractivity contribution is 7.89. The summed E-state index contributed by atoms with van der Waals surface area (Å²) in [6, 6.07) is 6.15. The van der Waals surface area contributed by atoms with Gasteiger partial charge in [0.05, 0.1) is 16.5 Å². The molecule has 1 aromatic carbocycles. The summed E-state index contributed by atoms with van der Waals surface area (Å²) in [7, 11) is -3.79. The summed E-state index contributed by atoms with van der Waals surface area (Å²) in [6.07, 6.45) is 0.549. The molecule has 3 N–H and O–H groups in total. The fraction of sp³-hybridized carbons (Fsp3) is 0.412. The quantitative estimate of drug-likeness (QED) is 0.416. The Balaban J connectivity index is 1.90. The molecule has 28 heavy (non-hydrogen) atoms. The summed E-state index contributed by atoms with van der Waals surface area (Å²) < 4.78 is 31.3. The number of carbonyl (C=O) groups excluding carboxylic acids is 3. The second-order valence-corrected chi connectivity index (χ2v) is 7.88. The van der Waals surface area contributed by atoms with Crippen molar-refractivity contribution in [2.75, 3.05) is 6.54 Å². The molecule has 0 heterocycles. The number of nitriles is 1. The second-order valence-electron chi connectivity index (χ2n) is 6.11. The molecule has 3 amide bonds. The topological polar surface area (TPSA) is 154 Å². The first-order chi connectivity index (χ1) is 13.2. The van der Waals surface area contributed by atoms with E-state index in [1.165, 1.54) is 31.2 Å². The Kier molecular flexibility index (Phi) is 7.08. The van der Waals surface area contributed by atoms with Gasteiger partial charge in [0.1, 0.15) is 0 Å². The molecule has 0 bridgehead atoms. The number of sulfonamides is 1. The molecule has 1 aliphatic rings. The molecule has 0 spiro atoms. The lowest BCUT2D eigenvalue weighted by Crippen LogP contribution is -2.45. The number of nitrogens with one attached hydrogen (secondary N) is 3. The molecule has 0 radical (unpaired) electrons. The predicted octanol–water partition coefficient (Wildman–Crippen LogP) is 0.412. The summed E-state index contributed by atoms with van der Waals surface area (Å²) in [5.74, 6) is -1.61. The molecular weight excluding hydrogens is 388 g/mol. The molecule has 10 nitrogen and oxygen atoms in total. The summed E-state index contributed by atoms with van der Waals surface area (Å²) in [4.78, 5) is 35.4. The third kappa shape index (κ3) is 6.33. The van der Waals surface area contributed by atoms with Crippen LogP contribution in [0.3, 0.4) is 0 Å². The fourth-order valence-corrected chi connectivity index (χ4v) is 3.07. The van der Waals surface area contributed by atoms with Gasteiger partial charge in [-0.15, -0.1) is 0 Å². The van der Waals surface area contributed by atoms with E-state index in [-0.39, 0.29) is 29.5 Å². The lowest BCUT2D eigenvalue weighted by atomic mass is 10.2. The first-order valence-electron chi connectivity index (χ1n) is 8.52. The van der Waals surface area contributed by atoms with Crippen LogP contribution in [0.15, 0.2) is 29.2 Å². The smallest absolute Gasteiger partial charge is 0.338 e. The average molecular weight is 408 g/mol. The van der Waals surface area contributed by atoms with Crippen LogP contribution in [-0.4, -0.2) is 45.0 Å². The molecular formula is C17H20N4O6S. The highest BCUT2D eigenvalue weighted by atomic mass is 32.2. The number of amides is 3. The largest absolute Gasteiger partial charge is 0.449 e. The van der Waals surface area contributed by atoms with Gasteiger partial charge in [0.15, 0.2) is 6.10 Å². The van der Waals surface area contributed by atoms with Crippen LogP contribution in [0.1, 0.15) is 36.5 Å². The number of nitrogens with zero attached hydrogens (tertiary/aromatic N) is 1. The highest BCUT2D eigenvalue weighted by Gasteiger charge is 2.26. The van der Waals surface area contributed by atoms with Crippen molar-refractivity contribution in [3.05, 3.63) is 29.8 Å². The van der Waals surface area contributed by atoms with Gasteiger partial charge in [0, 0.05) is 19.0 Å². The number of hydrogen-bond acceptors (Lipinski definition) is 7. The molecule has 0 saturated heterocycles. The van der Waals surface area contributed by atoms with Crippen molar-refractivity contribution in [2.45, 2.75) is 43.2 Å². The average Bonchev–Trinajstić information content (AvgIpc) is 3.45. The minimum Gasteiger partial charge on any atom is -0.449 e. The van der Waals surface area contributed by atoms with Crippen molar-refractivity contribution >= 4 is 27.9 Å². The Morgan fingerprint density at radius 1 is 1.25 bits per heavy atom. The molecule has 0 aromatic heterocycles. The maximum Gasteiger partial charge on any atom is 0.338 e. The Morgan fingerprint density at radius 3 is 2.46 bits per heavy atom. The standard InChI is InChI=1S/C17H20N4O6S/c1-11(15(22)21-17(24)20-13-5-6-13)27-16(23)12-3-7-14(8-4-12)28(25,26)19-10-2-9-18/h3-4,7-8,11,13,19H,2,5-6,10H2,1H3,(H2,20,21,22,24). The Bertz CT molecular complexity index is 887. The summed E-state index contributed by atoms with van der Waals surface area (Å²) >= 11 is 0. The SMILES string of the molecule is CC(OC(=O)c1ccc(S(=O)(=O)NCCC#N)cc1)C(=O)NC(=O)NC1CC1. The predicted molar refractivity (Wildman–Crippen MR) is 96.4 cm³/mol. The zero-order chi connectivity index (χ0) is 20.7. The number of imide groups is 1. The fourth-order valence-electron chi connectivity index (χ4n) is 2.04. The number of hydrogen-bond donors (Lipinski definition) is 3. The number of esters is 1. The number of benzene rings is 1. The molecule has 1 saturated carbocycles. The lowest BCUT2D eigenvalue weighted by Gasteiger charge is -2.13. The number of ether oxygens (including phenoxy) is 1. The third-order valence-corrected chi connectivity index (χ3v) is 5.21. The van der Waals surface area contributed by atoms with Crippen LogP contribution in [-0.2, 0) is 19.6 Å². The first kappa shape index (κ1) is 21.3. The van der Waals surface area contributed by atoms with E-state index >= 15 is 0 Å². The van der Waals surface area contributed by atoms with Gasteiger partial charge in [0.2, 0.25) is 10.0 Å². The monoisotopic (exact) mass is 408 g/mol. The van der Waals surface area contributed by atoms with Gasteiger partial charge < -0.3 is 10.1 Å². The van der Waals surface area contributed by atoms with Crippen LogP contribution < -0.4 is 15.4 Å². The molecule has 1 aromatic rings. The van der Waals surface area contributed by atoms with Gasteiger partial charge in [-0.25, -0.2) is 22.7 Å². The molecule has 1 fully saturated rings. The first-order valence-corrected chi connectivity index (χ1v) is 10.0.